The quantitative estimate of drug-likeness (QED) is 0.784. The van der Waals surface area contributed by atoms with E-state index in [0.717, 1.165) is 0 Å². The van der Waals surface area contributed by atoms with Gasteiger partial charge < -0.3 is 10.2 Å². The first kappa shape index (κ1) is 15.3. The zero-order valence-corrected chi connectivity index (χ0v) is 13.4. The number of nitrogens with zero attached hydrogens (tertiary/aromatic N) is 6. The third kappa shape index (κ3) is 2.85. The number of hydrogen-bond acceptors (Lipinski definition) is 6. The number of nitriles is 1. The third-order valence-corrected chi connectivity index (χ3v) is 4.36. The summed E-state index contributed by atoms with van der Waals surface area (Å²) in [5.41, 5.74) is 1.14. The highest BCUT2D eigenvalue weighted by Gasteiger charge is 2.33. The zero-order valence-electron chi connectivity index (χ0n) is 13.4. The van der Waals surface area contributed by atoms with Crippen LogP contribution in [0.5, 0.6) is 0 Å². The Hall–Kier alpha value is -3.21. The molecule has 0 spiro atoms. The van der Waals surface area contributed by atoms with Crippen molar-refractivity contribution in [2.75, 3.05) is 23.3 Å². The van der Waals surface area contributed by atoms with Crippen molar-refractivity contribution in [3.63, 3.8) is 0 Å². The van der Waals surface area contributed by atoms with Gasteiger partial charge in [0.15, 0.2) is 17.3 Å². The van der Waals surface area contributed by atoms with Gasteiger partial charge in [-0.3, -0.25) is 4.40 Å². The molecule has 8 heteroatoms. The van der Waals surface area contributed by atoms with E-state index in [0.29, 0.717) is 42.5 Å². The number of anilines is 2. The fourth-order valence-corrected chi connectivity index (χ4v) is 3.22. The lowest BCUT2D eigenvalue weighted by atomic mass is 10.2. The molecule has 0 saturated carbocycles. The molecule has 1 saturated heterocycles. The largest absolute Gasteiger partial charge is 0.366 e. The number of rotatable bonds is 4. The summed E-state index contributed by atoms with van der Waals surface area (Å²) in [6.45, 7) is 0.761. The van der Waals surface area contributed by atoms with Gasteiger partial charge in [0.25, 0.3) is 0 Å². The van der Waals surface area contributed by atoms with Gasteiger partial charge >= 0.3 is 0 Å². The van der Waals surface area contributed by atoms with Crippen LogP contribution in [0.4, 0.5) is 16.0 Å². The number of halogens is 1. The van der Waals surface area contributed by atoms with E-state index in [1.165, 1.54) is 0 Å². The van der Waals surface area contributed by atoms with E-state index in [9.17, 15) is 9.65 Å². The molecule has 3 aromatic heterocycles. The van der Waals surface area contributed by atoms with Gasteiger partial charge in [-0.05, 0) is 24.3 Å². The Morgan fingerprint density at radius 2 is 2.24 bits per heavy atom. The summed E-state index contributed by atoms with van der Waals surface area (Å²) < 4.78 is 15.7. The van der Waals surface area contributed by atoms with E-state index in [-0.39, 0.29) is 6.04 Å². The molecule has 0 unspecified atom stereocenters. The molecule has 7 nitrogen and oxygen atoms in total. The molecule has 1 aliphatic heterocycles. The molecule has 4 heterocycles. The molecule has 0 aromatic carbocycles. The minimum absolute atomic E-state index is 0.0805. The maximum atomic E-state index is 14.0. The highest BCUT2D eigenvalue weighted by atomic mass is 19.1. The second-order valence-electron chi connectivity index (χ2n) is 5.95. The van der Waals surface area contributed by atoms with Crippen molar-refractivity contribution in [2.24, 2.45) is 0 Å². The van der Waals surface area contributed by atoms with E-state index in [1.54, 1.807) is 22.9 Å². The molecule has 1 N–H and O–H groups in total. The molecule has 126 valence electrons. The van der Waals surface area contributed by atoms with E-state index in [2.05, 4.69) is 26.6 Å². The monoisotopic (exact) mass is 337 g/mol. The van der Waals surface area contributed by atoms with E-state index in [1.807, 2.05) is 29.2 Å². The lowest BCUT2D eigenvalue weighted by Gasteiger charge is -2.24. The third-order valence-electron chi connectivity index (χ3n) is 4.36. The summed E-state index contributed by atoms with van der Waals surface area (Å²) in [6.07, 6.45) is 2.88. The summed E-state index contributed by atoms with van der Waals surface area (Å²) in [7, 11) is 0. The number of imidazole rings is 1. The van der Waals surface area contributed by atoms with Gasteiger partial charge in [0.05, 0.1) is 12.6 Å². The van der Waals surface area contributed by atoms with E-state index in [4.69, 9.17) is 0 Å². The Morgan fingerprint density at radius 1 is 1.32 bits per heavy atom. The van der Waals surface area contributed by atoms with Gasteiger partial charge in [0, 0.05) is 25.4 Å². The molecule has 0 amide bonds. The number of aromatic nitrogens is 4. The Morgan fingerprint density at radius 3 is 3.04 bits per heavy atom. The van der Waals surface area contributed by atoms with Crippen LogP contribution < -0.4 is 10.2 Å². The molecule has 2 atom stereocenters. The molecule has 1 aliphatic rings. The van der Waals surface area contributed by atoms with Crippen LogP contribution in [-0.2, 0) is 0 Å². The molecular weight excluding hydrogens is 321 g/mol. The van der Waals surface area contributed by atoms with Crippen LogP contribution in [0.1, 0.15) is 12.1 Å². The van der Waals surface area contributed by atoms with Crippen LogP contribution in [0.25, 0.3) is 5.65 Å². The SMILES string of the molecule is N#Cc1c(NC[C@@H]2C[C@H](F)CN2c2cccnn2)nc2ccccn12. The Labute approximate surface area is 143 Å². The summed E-state index contributed by atoms with van der Waals surface area (Å²) in [6, 6.07) is 11.3. The highest BCUT2D eigenvalue weighted by molar-refractivity contribution is 5.59. The predicted octanol–water partition coefficient (Wildman–Crippen LogP) is 2.02. The van der Waals surface area contributed by atoms with Crippen molar-refractivity contribution < 1.29 is 4.39 Å². The van der Waals surface area contributed by atoms with Crippen LogP contribution in [0.3, 0.4) is 0 Å². The highest BCUT2D eigenvalue weighted by Crippen LogP contribution is 2.26. The van der Waals surface area contributed by atoms with Crippen LogP contribution in [0.2, 0.25) is 0 Å². The predicted molar refractivity (Wildman–Crippen MR) is 91.1 cm³/mol. The van der Waals surface area contributed by atoms with Gasteiger partial charge in [0.2, 0.25) is 0 Å². The zero-order chi connectivity index (χ0) is 17.2. The average molecular weight is 337 g/mol. The first-order chi connectivity index (χ1) is 12.3. The number of pyridine rings is 1. The van der Waals surface area contributed by atoms with E-state index >= 15 is 0 Å². The van der Waals surface area contributed by atoms with Gasteiger partial charge in [-0.1, -0.05) is 6.07 Å². The maximum absolute atomic E-state index is 14.0. The molecule has 4 rings (SSSR count). The average Bonchev–Trinajstić information content (AvgIpc) is 3.20. The second kappa shape index (κ2) is 6.36. The maximum Gasteiger partial charge on any atom is 0.168 e. The summed E-state index contributed by atoms with van der Waals surface area (Å²) in [5, 5.41) is 20.6. The number of fused-ring (bicyclic) bond motifs is 1. The topological polar surface area (TPSA) is 82.1 Å². The molecule has 0 aliphatic carbocycles. The number of nitrogens with one attached hydrogen (secondary N) is 1. The molecule has 3 aromatic rings. The summed E-state index contributed by atoms with van der Waals surface area (Å²) >= 11 is 0. The van der Waals surface area contributed by atoms with Crippen LogP contribution in [0.15, 0.2) is 42.7 Å². The first-order valence-electron chi connectivity index (χ1n) is 8.05. The molecular formula is C17H16FN7. The molecule has 1 fully saturated rings. The normalized spacial score (nSPS) is 19.9. The van der Waals surface area contributed by atoms with Gasteiger partial charge in [0.1, 0.15) is 17.9 Å². The standard InChI is InChI=1S/C17H16FN7/c18-12-8-13(25(11-12)16-5-3-6-21-23-16)10-20-17-14(9-19)24-7-2-1-4-15(24)22-17/h1-7,12-13,20H,8,10-11H2/t12-,13-/m0/s1. The lowest BCUT2D eigenvalue weighted by Crippen LogP contribution is -2.35. The van der Waals surface area contributed by atoms with Gasteiger partial charge in [-0.2, -0.15) is 10.4 Å². The Balaban J connectivity index is 1.55. The minimum Gasteiger partial charge on any atom is -0.366 e. The molecule has 25 heavy (non-hydrogen) atoms. The van der Waals surface area contributed by atoms with Crippen LogP contribution >= 0.6 is 0 Å². The van der Waals surface area contributed by atoms with Gasteiger partial charge in [-0.15, -0.1) is 5.10 Å². The molecule has 0 radical (unpaired) electrons. The summed E-state index contributed by atoms with van der Waals surface area (Å²) in [4.78, 5) is 6.36. The second-order valence-corrected chi connectivity index (χ2v) is 5.95. The van der Waals surface area contributed by atoms with E-state index < -0.39 is 6.17 Å². The minimum atomic E-state index is -0.912. The van der Waals surface area contributed by atoms with Crippen LogP contribution in [-0.4, -0.2) is 44.9 Å². The van der Waals surface area contributed by atoms with Crippen molar-refractivity contribution in [1.29, 1.82) is 5.26 Å². The smallest absolute Gasteiger partial charge is 0.168 e. The van der Waals surface area contributed by atoms with Crippen LogP contribution in [0, 0.1) is 11.3 Å². The Kier molecular flexibility index (Phi) is 3.90. The van der Waals surface area contributed by atoms with Crippen molar-refractivity contribution in [2.45, 2.75) is 18.6 Å². The van der Waals surface area contributed by atoms with Crippen molar-refractivity contribution in [3.8, 4) is 6.07 Å². The van der Waals surface area contributed by atoms with Crippen molar-refractivity contribution in [1.82, 2.24) is 19.6 Å². The van der Waals surface area contributed by atoms with Gasteiger partial charge in [-0.25, -0.2) is 9.37 Å². The fourth-order valence-electron chi connectivity index (χ4n) is 3.22. The summed E-state index contributed by atoms with van der Waals surface area (Å²) in [5.74, 6) is 1.17. The number of alkyl halides is 1. The van der Waals surface area contributed by atoms with Crippen molar-refractivity contribution >= 4 is 17.3 Å². The molecule has 0 bridgehead atoms. The number of hydrogen-bond donors (Lipinski definition) is 1. The lowest BCUT2D eigenvalue weighted by molar-refractivity contribution is 0.357. The van der Waals surface area contributed by atoms with Crippen molar-refractivity contribution in [3.05, 3.63) is 48.4 Å². The first-order valence-corrected chi connectivity index (χ1v) is 8.05. The fraction of sp³-hybridized carbons (Fsp3) is 0.294. The Bertz CT molecular complexity index is 918.